The van der Waals surface area contributed by atoms with Crippen molar-refractivity contribution in [3.8, 4) is 11.5 Å². The van der Waals surface area contributed by atoms with Gasteiger partial charge in [-0.3, -0.25) is 4.90 Å². The number of aliphatic carboxylic acids is 1. The first kappa shape index (κ1) is 34.2. The second kappa shape index (κ2) is 14.2. The van der Waals surface area contributed by atoms with Gasteiger partial charge in [0.25, 0.3) is 0 Å². The summed E-state index contributed by atoms with van der Waals surface area (Å²) in [5.74, 6) is -5.65. The Labute approximate surface area is 257 Å². The summed E-state index contributed by atoms with van der Waals surface area (Å²) in [5, 5.41) is 12.4. The summed E-state index contributed by atoms with van der Waals surface area (Å²) >= 11 is 0. The van der Waals surface area contributed by atoms with Crippen molar-refractivity contribution < 1.29 is 50.5 Å². The summed E-state index contributed by atoms with van der Waals surface area (Å²) in [4.78, 5) is 24.3. The Morgan fingerprint density at radius 3 is 2.22 bits per heavy atom. The fourth-order valence-corrected chi connectivity index (χ4v) is 7.01. The molecule has 2 aliphatic carbocycles. The van der Waals surface area contributed by atoms with E-state index >= 15 is 0 Å². The van der Waals surface area contributed by atoms with Gasteiger partial charge in [-0.15, -0.1) is 0 Å². The van der Waals surface area contributed by atoms with Gasteiger partial charge in [0.05, 0.1) is 19.9 Å². The highest BCUT2D eigenvalue weighted by Gasteiger charge is 2.53. The van der Waals surface area contributed by atoms with Crippen LogP contribution in [-0.4, -0.2) is 67.1 Å². The molecule has 8 nitrogen and oxygen atoms in total. The lowest BCUT2D eigenvalue weighted by Crippen LogP contribution is -2.55. The first-order chi connectivity index (χ1) is 21.3. The average molecular weight is 646 g/mol. The number of ether oxygens (including phenoxy) is 2. The summed E-state index contributed by atoms with van der Waals surface area (Å²) in [6.45, 7) is 1.00. The normalized spacial score (nSPS) is 23.7. The van der Waals surface area contributed by atoms with E-state index < -0.39 is 35.6 Å². The number of methoxy groups -OCH3 is 2. The number of carboxylic acid groups (broad SMARTS) is 1. The van der Waals surface area contributed by atoms with E-state index in [1.54, 1.807) is 14.2 Å². The molecule has 248 valence electrons. The Bertz CT molecular complexity index is 1370. The number of anilines is 1. The molecule has 1 aliphatic heterocycles. The number of halogens is 6. The molecule has 14 heteroatoms. The minimum absolute atomic E-state index is 0.0716. The van der Waals surface area contributed by atoms with Gasteiger partial charge in [-0.25, -0.2) is 22.8 Å². The molecule has 0 spiro atoms. The van der Waals surface area contributed by atoms with E-state index in [0.29, 0.717) is 17.5 Å². The molecule has 0 radical (unpaired) electrons. The summed E-state index contributed by atoms with van der Waals surface area (Å²) in [5.41, 5.74) is 0.768. The lowest BCUT2D eigenvalue weighted by Gasteiger charge is -2.47. The number of carboxylic acids is 1. The molecule has 3 atom stereocenters. The maximum atomic E-state index is 14.1. The van der Waals surface area contributed by atoms with Crippen LogP contribution < -0.4 is 20.1 Å². The first-order valence-electron chi connectivity index (χ1n) is 14.8. The van der Waals surface area contributed by atoms with E-state index in [-0.39, 0.29) is 23.2 Å². The number of nitrogens with one attached hydrogen (secondary N) is 2. The molecule has 5 rings (SSSR count). The van der Waals surface area contributed by atoms with Crippen molar-refractivity contribution in [1.82, 2.24) is 10.2 Å². The van der Waals surface area contributed by atoms with Crippen LogP contribution in [0.1, 0.15) is 63.4 Å². The third-order valence-electron chi connectivity index (χ3n) is 9.16. The zero-order valence-corrected chi connectivity index (χ0v) is 25.0. The lowest BCUT2D eigenvalue weighted by molar-refractivity contribution is -0.192. The maximum absolute atomic E-state index is 14.1. The molecule has 3 fully saturated rings. The van der Waals surface area contributed by atoms with Gasteiger partial charge < -0.3 is 25.2 Å². The average Bonchev–Trinajstić information content (AvgIpc) is 3.41. The van der Waals surface area contributed by atoms with Gasteiger partial charge in [-0.2, -0.15) is 13.2 Å². The molecule has 3 aliphatic rings. The Kier molecular flexibility index (Phi) is 10.8. The molecule has 2 aromatic carbocycles. The van der Waals surface area contributed by atoms with E-state index in [2.05, 4.69) is 27.7 Å². The van der Waals surface area contributed by atoms with Crippen LogP contribution >= 0.6 is 0 Å². The predicted molar refractivity (Wildman–Crippen MR) is 153 cm³/mol. The number of hydrogen-bond donors (Lipinski definition) is 3. The smallest absolute Gasteiger partial charge is 0.490 e. The topological polar surface area (TPSA) is 100 Å². The van der Waals surface area contributed by atoms with E-state index in [9.17, 15) is 31.1 Å². The Morgan fingerprint density at radius 2 is 1.60 bits per heavy atom. The SMILES string of the molecule is COc1ccc([C@@]23CC[C@@H](NC(=O)Nc4ccc(F)c(F)c4F)C[C@@H]2N(C2CCCCC2)CC3)cc1OC.O=C(O)C(F)(F)F. The molecular weight excluding hydrogens is 608 g/mol. The van der Waals surface area contributed by atoms with Gasteiger partial charge in [0.1, 0.15) is 0 Å². The van der Waals surface area contributed by atoms with Crippen LogP contribution in [0, 0.1) is 17.5 Å². The minimum atomic E-state index is -5.08. The fourth-order valence-electron chi connectivity index (χ4n) is 7.01. The fraction of sp³-hybridized carbons (Fsp3) is 0.548. The lowest BCUT2D eigenvalue weighted by atomic mass is 9.64. The summed E-state index contributed by atoms with van der Waals surface area (Å²) < 4.78 is 83.9. The summed E-state index contributed by atoms with van der Waals surface area (Å²) in [6.07, 6.45) is 4.45. The van der Waals surface area contributed by atoms with Gasteiger partial charge in [-0.05, 0) is 74.9 Å². The Morgan fingerprint density at radius 1 is 0.933 bits per heavy atom. The number of carbonyl (C=O) groups is 2. The Hall–Kier alpha value is -3.68. The second-order valence-corrected chi connectivity index (χ2v) is 11.6. The molecule has 3 N–H and O–H groups in total. The van der Waals surface area contributed by atoms with Crippen LogP contribution in [0.15, 0.2) is 30.3 Å². The number of rotatable bonds is 6. The van der Waals surface area contributed by atoms with Gasteiger partial charge in [-0.1, -0.05) is 25.3 Å². The zero-order chi connectivity index (χ0) is 32.9. The number of alkyl halides is 3. The number of benzene rings is 2. The third-order valence-corrected chi connectivity index (χ3v) is 9.16. The summed E-state index contributed by atoms with van der Waals surface area (Å²) in [6, 6.07) is 8.03. The minimum Gasteiger partial charge on any atom is -0.493 e. The number of hydrogen-bond acceptors (Lipinski definition) is 5. The Balaban J connectivity index is 0.000000591. The van der Waals surface area contributed by atoms with Gasteiger partial charge in [0.2, 0.25) is 0 Å². The quantitative estimate of drug-likeness (QED) is 0.237. The zero-order valence-electron chi connectivity index (χ0n) is 25.0. The number of likely N-dealkylation sites (tertiary alicyclic amines) is 1. The van der Waals surface area contributed by atoms with Crippen LogP contribution in [0.4, 0.5) is 36.8 Å². The van der Waals surface area contributed by atoms with E-state index in [0.717, 1.165) is 44.4 Å². The molecule has 2 amide bonds. The number of amides is 2. The van der Waals surface area contributed by atoms with Crippen LogP contribution in [0.25, 0.3) is 0 Å². The largest absolute Gasteiger partial charge is 0.493 e. The van der Waals surface area contributed by atoms with Crippen LogP contribution in [0.3, 0.4) is 0 Å². The standard InChI is InChI=1S/C29H36F3N3O3.C2HF3O2/c1-37-23-11-8-18(16-24(23)38-2)29-13-12-19(17-25(29)35(15-14-29)20-6-4-3-5-7-20)33-28(36)34-22-10-9-21(30)26(31)27(22)32;3-2(4,5)1(6)7/h8-11,16,19-20,25H,3-7,12-15,17H2,1-2H3,(H2,33,34,36);(H,6,7)/t19-,25+,29+;/m1./s1. The van der Waals surface area contributed by atoms with Gasteiger partial charge in [0.15, 0.2) is 29.0 Å². The van der Waals surface area contributed by atoms with Gasteiger partial charge in [0, 0.05) is 23.5 Å². The molecular formula is C31H37F6N3O5. The van der Waals surface area contributed by atoms with Crippen molar-refractivity contribution in [2.45, 2.75) is 87.5 Å². The highest BCUT2D eigenvalue weighted by molar-refractivity contribution is 5.89. The first-order valence-corrected chi connectivity index (χ1v) is 14.8. The molecule has 0 unspecified atom stereocenters. The van der Waals surface area contributed by atoms with Crippen LogP contribution in [0.5, 0.6) is 11.5 Å². The molecule has 1 saturated heterocycles. The monoisotopic (exact) mass is 645 g/mol. The maximum Gasteiger partial charge on any atom is 0.490 e. The molecule has 0 aromatic heterocycles. The molecule has 2 saturated carbocycles. The van der Waals surface area contributed by atoms with Crippen molar-refractivity contribution >= 4 is 17.7 Å². The van der Waals surface area contributed by atoms with Crippen molar-refractivity contribution in [1.29, 1.82) is 0 Å². The van der Waals surface area contributed by atoms with Crippen molar-refractivity contribution in [2.24, 2.45) is 0 Å². The van der Waals surface area contributed by atoms with E-state index in [4.69, 9.17) is 19.4 Å². The number of carbonyl (C=O) groups excluding carboxylic acids is 1. The predicted octanol–water partition coefficient (Wildman–Crippen LogP) is 6.77. The highest BCUT2D eigenvalue weighted by Crippen LogP contribution is 2.51. The number of fused-ring (bicyclic) bond motifs is 1. The van der Waals surface area contributed by atoms with Crippen molar-refractivity contribution in [3.05, 3.63) is 53.3 Å². The van der Waals surface area contributed by atoms with E-state index in [1.165, 1.54) is 37.7 Å². The number of nitrogens with zero attached hydrogens (tertiary/aromatic N) is 1. The molecule has 0 bridgehead atoms. The van der Waals surface area contributed by atoms with E-state index in [1.807, 2.05) is 6.07 Å². The third kappa shape index (κ3) is 7.59. The molecule has 1 heterocycles. The van der Waals surface area contributed by atoms with Crippen molar-refractivity contribution in [3.63, 3.8) is 0 Å². The van der Waals surface area contributed by atoms with Crippen LogP contribution in [-0.2, 0) is 10.2 Å². The summed E-state index contributed by atoms with van der Waals surface area (Å²) in [7, 11) is 3.28. The van der Waals surface area contributed by atoms with Crippen LogP contribution in [0.2, 0.25) is 0 Å². The van der Waals surface area contributed by atoms with Crippen molar-refractivity contribution in [2.75, 3.05) is 26.1 Å². The molecule has 2 aromatic rings. The second-order valence-electron chi connectivity index (χ2n) is 11.6. The molecule has 45 heavy (non-hydrogen) atoms. The number of urea groups is 1. The highest BCUT2D eigenvalue weighted by atomic mass is 19.4. The van der Waals surface area contributed by atoms with Gasteiger partial charge >= 0.3 is 18.2 Å².